The van der Waals surface area contributed by atoms with Gasteiger partial charge in [-0.1, -0.05) is 5.21 Å². The molecule has 0 aromatic carbocycles. The first-order valence-corrected chi connectivity index (χ1v) is 52.6. The van der Waals surface area contributed by atoms with Crippen LogP contribution in [0.2, 0.25) is 0 Å². The first-order chi connectivity index (χ1) is 69.3. The summed E-state index contributed by atoms with van der Waals surface area (Å²) in [5.41, 5.74) is 24.2. The summed E-state index contributed by atoms with van der Waals surface area (Å²) in [6.07, 6.45) is 14.2. The number of H-pyrrole nitrogens is 1. The number of imidazole rings is 2. The van der Waals surface area contributed by atoms with E-state index in [-0.39, 0.29) is 78.9 Å². The molecule has 12 atom stereocenters. The molecule has 0 unspecified atom stereocenters. The van der Waals surface area contributed by atoms with Gasteiger partial charge in [-0.15, -0.1) is 53.5 Å². The van der Waals surface area contributed by atoms with Gasteiger partial charge in [-0.25, -0.2) is 86.6 Å². The molecule has 6 aromatic rings. The van der Waals surface area contributed by atoms with Crippen LogP contribution in [0.4, 0.5) is 33.9 Å². The topological polar surface area (TPSA) is 908 Å². The molecule has 12 fully saturated rings. The number of urea groups is 6. The summed E-state index contributed by atoms with van der Waals surface area (Å²) in [5, 5.41) is 14.8. The van der Waals surface area contributed by atoms with E-state index in [0.717, 1.165) is 10.6 Å². The van der Waals surface area contributed by atoms with Gasteiger partial charge in [0.25, 0.3) is 35.4 Å². The van der Waals surface area contributed by atoms with Crippen LogP contribution in [0.5, 0.6) is 0 Å². The van der Waals surface area contributed by atoms with Crippen molar-refractivity contribution in [3.63, 3.8) is 0 Å². The van der Waals surface area contributed by atoms with Gasteiger partial charge in [0.15, 0.2) is 11.5 Å². The lowest BCUT2D eigenvalue weighted by atomic mass is 10.0. The van der Waals surface area contributed by atoms with Crippen molar-refractivity contribution in [1.29, 1.82) is 0 Å². The minimum Gasteiger partial charge on any atom is -0.451 e. The van der Waals surface area contributed by atoms with Crippen molar-refractivity contribution >= 4 is 162 Å². The van der Waals surface area contributed by atoms with Crippen molar-refractivity contribution in [2.75, 3.05) is 45.0 Å². The number of anilines is 1. The molecule has 18 amide bonds. The molecule has 72 nitrogen and oxygen atoms in total. The molecule has 12 aliphatic heterocycles. The second-order valence-corrected chi connectivity index (χ2v) is 40.3. The molecule has 12 bridgehead atoms. The number of oxazole rings is 1. The molecule has 0 spiro atoms. The number of fused-ring (bicyclic) bond motifs is 12. The number of nitrogens with one attached hydrogen (secondary N) is 7. The van der Waals surface area contributed by atoms with E-state index in [1.807, 2.05) is 0 Å². The number of nitrogen functional groups attached to an aromatic ring is 1. The number of thiazole rings is 2. The molecule has 0 saturated carbocycles. The van der Waals surface area contributed by atoms with Crippen molar-refractivity contribution in [2.45, 2.75) is 189 Å². The van der Waals surface area contributed by atoms with Gasteiger partial charge in [0.05, 0.1) is 95.8 Å². The van der Waals surface area contributed by atoms with Crippen molar-refractivity contribution in [3.05, 3.63) is 94.3 Å². The Hall–Kier alpha value is -12.7. The molecule has 6 aromatic heterocycles. The highest BCUT2D eigenvalue weighted by Crippen LogP contribution is 2.38. The minimum atomic E-state index is -4.82. The molecule has 0 radical (unpaired) electrons. The number of rotatable bonds is 36. The third kappa shape index (κ3) is 30.1. The van der Waals surface area contributed by atoms with Crippen molar-refractivity contribution in [1.82, 2.24) is 142 Å². The van der Waals surface area contributed by atoms with E-state index in [9.17, 15) is 108 Å². The quantitative estimate of drug-likeness (QED) is 0.0129. The Labute approximate surface area is 836 Å². The molecule has 147 heavy (non-hydrogen) atoms. The SMILES string of the molecule is Cn1cc(CONC(=O)[C@@H]2CC[C@@H]3CN2C(=O)N3OS(=O)(=O)O)nn1.Cn1cncc1CONC(=O)[C@@H]1CC[C@@H]2CN1C(=O)N2OS(=O)(=O)O.Nc1nc(CONC(=O)[C@@H]2CC[C@@H]3CN2C(=O)N3OS(=O)(=O)O)cs1.O=C(NOCc1cnc[nH]1)[C@@H]1CC[C@@H]2CN1C(=O)N2OS(=O)(=O)O.O=C(NOCc1cocn1)[C@@H]1CC[C@@H]2CN1C(=O)N2OS(=O)(=O)O.O=C(NOCc1cscn1)[C@@H]1CC[C@@H]2CN1C(=O)N2OS(=O)(=O)O. The van der Waals surface area contributed by atoms with Crippen LogP contribution >= 0.6 is 22.7 Å². The molecule has 18 rings (SSSR count). The number of aryl methyl sites for hydroxylation is 2. The van der Waals surface area contributed by atoms with E-state index in [1.54, 1.807) is 53.7 Å². The third-order valence-electron chi connectivity index (χ3n) is 22.8. The number of carbonyl (C=O) groups excluding carboxylic acids is 12. The smallest absolute Gasteiger partial charge is 0.418 e. The molecule has 18 heterocycles. The van der Waals surface area contributed by atoms with Crippen molar-refractivity contribution in [2.24, 2.45) is 14.1 Å². The molecule has 12 saturated heterocycles. The summed E-state index contributed by atoms with van der Waals surface area (Å²) >= 11 is 2.63. The van der Waals surface area contributed by atoms with E-state index in [2.05, 4.69) is 98.8 Å². The zero-order valence-electron chi connectivity index (χ0n) is 75.7. The van der Waals surface area contributed by atoms with Crippen LogP contribution in [0.3, 0.4) is 0 Å². The molecular formula is C67H91N29O43S8. The maximum absolute atomic E-state index is 12.3. The van der Waals surface area contributed by atoms with Crippen LogP contribution in [0.1, 0.15) is 111 Å². The van der Waals surface area contributed by atoms with Crippen LogP contribution < -0.4 is 38.6 Å². The lowest BCUT2D eigenvalue weighted by Crippen LogP contribution is -2.49. The number of piperidine rings is 6. The predicted molar refractivity (Wildman–Crippen MR) is 466 cm³/mol. The van der Waals surface area contributed by atoms with Gasteiger partial charge in [-0.05, 0) is 77.0 Å². The highest BCUT2D eigenvalue weighted by molar-refractivity contribution is 7.82. The zero-order chi connectivity index (χ0) is 107. The number of hydroxylamine groups is 18. The molecule has 810 valence electrons. The van der Waals surface area contributed by atoms with Gasteiger partial charge in [0, 0.05) is 64.1 Å². The lowest BCUT2D eigenvalue weighted by molar-refractivity contribution is -0.140. The molecule has 80 heteroatoms. The van der Waals surface area contributed by atoms with Gasteiger partial charge >= 0.3 is 98.6 Å². The number of hydrogen-bond acceptors (Lipinski definition) is 47. The van der Waals surface area contributed by atoms with Gasteiger partial charge in [-0.3, -0.25) is 89.8 Å². The number of aromatic amines is 1. The van der Waals surface area contributed by atoms with Gasteiger partial charge in [-0.2, -0.15) is 80.9 Å². The highest BCUT2D eigenvalue weighted by atomic mass is 32.3. The molecule has 15 N–H and O–H groups in total. The molecule has 12 aliphatic rings. The summed E-state index contributed by atoms with van der Waals surface area (Å²) < 4.78 is 216. The van der Waals surface area contributed by atoms with E-state index >= 15 is 0 Å². The first kappa shape index (κ1) is 111. The van der Waals surface area contributed by atoms with Crippen LogP contribution in [0, 0.1) is 0 Å². The third-order valence-corrected chi connectivity index (χ3v) is 26.3. The summed E-state index contributed by atoms with van der Waals surface area (Å²) in [6, 6.07) is -13.1. The molecule has 0 aliphatic carbocycles. The van der Waals surface area contributed by atoms with E-state index in [4.69, 9.17) is 66.5 Å². The Morgan fingerprint density at radius 3 is 0.980 bits per heavy atom. The van der Waals surface area contributed by atoms with Gasteiger partial charge < -0.3 is 49.1 Å². The summed E-state index contributed by atoms with van der Waals surface area (Å²) in [4.78, 5) is 206. The first-order valence-electron chi connectivity index (χ1n) is 42.6. The fourth-order valence-electron chi connectivity index (χ4n) is 16.5. The average molecular weight is 2250 g/mol. The normalized spacial score (nSPS) is 23.4. The Balaban J connectivity index is 0.000000147. The largest absolute Gasteiger partial charge is 0.451 e. The maximum Gasteiger partial charge on any atom is 0.418 e. The Morgan fingerprint density at radius 2 is 0.721 bits per heavy atom. The number of carbonyl (C=O) groups is 12. The fraction of sp³-hybridized carbons (Fsp3) is 0.567. The van der Waals surface area contributed by atoms with Crippen LogP contribution in [-0.4, -0.2) is 370 Å². The summed E-state index contributed by atoms with van der Waals surface area (Å²) in [7, 11) is -25.4. The highest BCUT2D eigenvalue weighted by Gasteiger charge is 2.56. The standard InChI is InChI=1S/C12H17N5O7S.C11H16N6O7S.C11H15N5O7S2.C11H15N5O7S.C11H14N4O8S.C11H14N4O7S2/c1-15-7-13-4-9(15)6-23-14-11(18)10-3-2-8-5-16(10)12(19)17(8)24-25(20,21)22;1-15-4-7(12-14-15)6-23-13-10(18)9-3-2-8-5-16(9)11(19)17(8)24-25(20,21)22;12-10-13-6(5-24-10)4-22-14-9(17)8-2-1-7-3-15(8)11(18)16(7)23-25(19,20)21;17-10(14-22-5-7-3-12-6-13-7)9-2-1-8-4-15(9)11(18)16(8)23-24(19,20)21;16-10(13-22-5-7-4-21-6-12-7)9-2-1-8-3-14(9)11(17)15(8)23-24(18,19)20;16-10(13-21-4-7-5-23-6-12-7)9-2-1-8-3-14(9)11(17)15(8)22-24(18,19)20/h4,7-8,10H,2-3,5-6H2,1H3,(H,14,18)(H,20,21,22);4,8-9H,2-3,5-6H2,1H3,(H,13,18)(H,20,21,22);5,7-8H,1-4H2,(H2,12,13)(H,14,17)(H,19,20,21);3,6,8-9H,1-2,4-5H2,(H,12,13)(H,14,17)(H,19,20,21);4,6,8-9H,1-3,5H2,(H,13,16)(H,18,19,20);5-6,8-9H,1-4H2,(H,13,16)(H,18,19,20)/t8-,10+;8-,9+;7-,8+;3*8-,9+/m111111/s1. The van der Waals surface area contributed by atoms with Crippen LogP contribution in [0.15, 0.2) is 64.6 Å². The Bertz CT molecular complexity index is 6050. The number of nitrogens with two attached hydrogens (primary N) is 1. The number of amides is 18. The lowest BCUT2D eigenvalue weighted by Gasteiger charge is -2.28. The maximum atomic E-state index is 12.3. The number of nitrogens with zero attached hydrogens (tertiary/aromatic N) is 21. The monoisotopic (exact) mass is 2250 g/mol. The summed E-state index contributed by atoms with van der Waals surface area (Å²) in [5.74, 6) is -3.24. The van der Waals surface area contributed by atoms with Crippen molar-refractivity contribution in [3.8, 4) is 0 Å². The number of hydrogen-bond donors (Lipinski definition) is 14. The number of aromatic nitrogens is 10. The second kappa shape index (κ2) is 47.6. The second-order valence-electron chi connectivity index (χ2n) is 32.7. The summed E-state index contributed by atoms with van der Waals surface area (Å²) in [6.45, 7) is 0.958. The predicted octanol–water partition coefficient (Wildman–Crippen LogP) is -5.51. The van der Waals surface area contributed by atoms with Gasteiger partial charge in [0.2, 0.25) is 0 Å². The Morgan fingerprint density at radius 1 is 0.408 bits per heavy atom. The zero-order valence-corrected chi connectivity index (χ0v) is 82.2. The van der Waals surface area contributed by atoms with Crippen LogP contribution in [-0.2, 0) is 200 Å². The average Bonchev–Trinajstić information content (AvgIpc) is 1.65. The molecular weight excluding hydrogens is 2160 g/mol. The minimum absolute atomic E-state index is 0.000857. The van der Waals surface area contributed by atoms with Crippen molar-refractivity contribution < 1.29 is 195 Å². The fourth-order valence-corrected chi connectivity index (χ4v) is 19.9. The van der Waals surface area contributed by atoms with E-state index < -0.39 is 207 Å². The van der Waals surface area contributed by atoms with Crippen LogP contribution in [0.25, 0.3) is 0 Å². The van der Waals surface area contributed by atoms with E-state index in [0.29, 0.717) is 141 Å². The van der Waals surface area contributed by atoms with Gasteiger partial charge in [0.1, 0.15) is 93.5 Å². The Kier molecular flexibility index (Phi) is 36.1. The van der Waals surface area contributed by atoms with E-state index in [1.165, 1.54) is 77.0 Å².